The molecule has 0 fully saturated rings. The number of aromatic amines is 1. The molecule has 24 heavy (non-hydrogen) atoms. The van der Waals surface area contributed by atoms with Crippen LogP contribution in [0.5, 0.6) is 0 Å². The zero-order valence-corrected chi connectivity index (χ0v) is 14.7. The van der Waals surface area contributed by atoms with Crippen molar-refractivity contribution in [1.82, 2.24) is 10.2 Å². The van der Waals surface area contributed by atoms with Gasteiger partial charge in [-0.25, -0.2) is 0 Å². The van der Waals surface area contributed by atoms with E-state index in [1.54, 1.807) is 6.07 Å². The molecular formula is C18H17BrN4O. The molecule has 0 aliphatic rings. The number of carbonyl (C=O) groups is 1. The average molecular weight is 385 g/mol. The van der Waals surface area contributed by atoms with E-state index in [-0.39, 0.29) is 0 Å². The minimum absolute atomic E-state index is 0.414. The van der Waals surface area contributed by atoms with Gasteiger partial charge in [0.1, 0.15) is 0 Å². The van der Waals surface area contributed by atoms with Crippen LogP contribution in [-0.4, -0.2) is 16.1 Å². The third kappa shape index (κ3) is 3.33. The summed E-state index contributed by atoms with van der Waals surface area (Å²) in [6.07, 6.45) is 1.82. The van der Waals surface area contributed by atoms with Gasteiger partial charge in [-0.3, -0.25) is 9.89 Å². The fourth-order valence-corrected chi connectivity index (χ4v) is 3.02. The molecule has 0 aliphatic carbocycles. The molecule has 3 aromatic rings. The monoisotopic (exact) mass is 384 g/mol. The van der Waals surface area contributed by atoms with Gasteiger partial charge >= 0.3 is 0 Å². The summed E-state index contributed by atoms with van der Waals surface area (Å²) in [5.74, 6) is -0.414. The van der Waals surface area contributed by atoms with Gasteiger partial charge in [0.25, 0.3) is 0 Å². The molecule has 0 bridgehead atoms. The minimum Gasteiger partial charge on any atom is -0.366 e. The number of halogens is 1. The van der Waals surface area contributed by atoms with Gasteiger partial charge in [-0.2, -0.15) is 5.10 Å². The number of nitrogens with zero attached hydrogens (tertiary/aromatic N) is 1. The van der Waals surface area contributed by atoms with Gasteiger partial charge in [0, 0.05) is 33.4 Å². The number of alkyl halides is 1. The zero-order valence-electron chi connectivity index (χ0n) is 13.1. The Bertz CT molecular complexity index is 888. The normalized spacial score (nSPS) is 10.6. The molecular weight excluding hydrogens is 368 g/mol. The molecule has 0 saturated heterocycles. The summed E-state index contributed by atoms with van der Waals surface area (Å²) in [5, 5.41) is 11.2. The number of aromatic nitrogens is 2. The maximum atomic E-state index is 11.3. The molecule has 0 unspecified atom stereocenters. The number of amides is 1. The van der Waals surface area contributed by atoms with Crippen LogP contribution in [-0.2, 0) is 5.33 Å². The largest absolute Gasteiger partial charge is 0.366 e. The van der Waals surface area contributed by atoms with Crippen molar-refractivity contribution in [3.8, 4) is 11.3 Å². The Morgan fingerprint density at radius 3 is 2.75 bits per heavy atom. The van der Waals surface area contributed by atoms with E-state index in [4.69, 9.17) is 5.73 Å². The maximum Gasteiger partial charge on any atom is 0.248 e. The molecule has 122 valence electrons. The SMILES string of the molecule is Cc1cc(Nc2cccc(-c3[nH]ncc3CBr)c2)ccc1C(N)=O. The van der Waals surface area contributed by atoms with Gasteiger partial charge in [0.05, 0.1) is 11.9 Å². The quantitative estimate of drug-likeness (QED) is 0.578. The van der Waals surface area contributed by atoms with Crippen LogP contribution in [0.4, 0.5) is 11.4 Å². The first-order valence-electron chi connectivity index (χ1n) is 7.44. The van der Waals surface area contributed by atoms with Crippen LogP contribution in [0.3, 0.4) is 0 Å². The number of hydrogen-bond donors (Lipinski definition) is 3. The Kier molecular flexibility index (Phi) is 4.66. The molecule has 0 atom stereocenters. The van der Waals surface area contributed by atoms with Crippen molar-refractivity contribution in [2.75, 3.05) is 5.32 Å². The summed E-state index contributed by atoms with van der Waals surface area (Å²) < 4.78 is 0. The molecule has 4 N–H and O–H groups in total. The van der Waals surface area contributed by atoms with Crippen LogP contribution in [0.25, 0.3) is 11.3 Å². The highest BCUT2D eigenvalue weighted by Gasteiger charge is 2.08. The predicted octanol–water partition coefficient (Wildman–Crippen LogP) is 4.12. The Morgan fingerprint density at radius 1 is 1.25 bits per heavy atom. The smallest absolute Gasteiger partial charge is 0.248 e. The zero-order chi connectivity index (χ0) is 17.1. The van der Waals surface area contributed by atoms with Gasteiger partial charge in [0.2, 0.25) is 5.91 Å². The minimum atomic E-state index is -0.414. The number of benzene rings is 2. The number of nitrogens with two attached hydrogens (primary N) is 1. The Hall–Kier alpha value is -2.60. The van der Waals surface area contributed by atoms with Gasteiger partial charge in [-0.1, -0.05) is 28.1 Å². The molecule has 6 heteroatoms. The lowest BCUT2D eigenvalue weighted by molar-refractivity contribution is 0.1000. The fourth-order valence-electron chi connectivity index (χ4n) is 2.60. The first kappa shape index (κ1) is 16.3. The van der Waals surface area contributed by atoms with Crippen LogP contribution in [0.2, 0.25) is 0 Å². The van der Waals surface area contributed by atoms with E-state index in [1.165, 1.54) is 0 Å². The second-order valence-corrected chi connectivity index (χ2v) is 6.06. The molecule has 3 rings (SSSR count). The topological polar surface area (TPSA) is 83.8 Å². The molecule has 1 amide bonds. The van der Waals surface area contributed by atoms with Crippen LogP contribution in [0.1, 0.15) is 21.5 Å². The van der Waals surface area contributed by atoms with E-state index in [1.807, 2.05) is 43.5 Å². The van der Waals surface area contributed by atoms with Gasteiger partial charge < -0.3 is 11.1 Å². The molecule has 1 heterocycles. The molecule has 0 aliphatic heterocycles. The number of nitrogens with one attached hydrogen (secondary N) is 2. The lowest BCUT2D eigenvalue weighted by Gasteiger charge is -2.10. The Balaban J connectivity index is 1.88. The van der Waals surface area contributed by atoms with Crippen LogP contribution >= 0.6 is 15.9 Å². The summed E-state index contributed by atoms with van der Waals surface area (Å²) in [5.41, 5.74) is 11.7. The first-order valence-corrected chi connectivity index (χ1v) is 8.56. The number of aryl methyl sites for hydroxylation is 1. The summed E-state index contributed by atoms with van der Waals surface area (Å²) in [6, 6.07) is 13.6. The van der Waals surface area contributed by atoms with Gasteiger partial charge in [-0.15, -0.1) is 0 Å². The van der Waals surface area contributed by atoms with Crippen molar-refractivity contribution in [3.05, 3.63) is 65.4 Å². The molecule has 0 saturated carbocycles. The fraction of sp³-hybridized carbons (Fsp3) is 0.111. The number of hydrogen-bond acceptors (Lipinski definition) is 3. The van der Waals surface area contributed by atoms with E-state index >= 15 is 0 Å². The average Bonchev–Trinajstić information content (AvgIpc) is 3.03. The highest BCUT2D eigenvalue weighted by atomic mass is 79.9. The van der Waals surface area contributed by atoms with Crippen LogP contribution in [0, 0.1) is 6.92 Å². The standard InChI is InChI=1S/C18H17BrN4O/c1-11-7-15(5-6-16(11)18(20)24)22-14-4-2-3-12(8-14)17-13(9-19)10-21-23-17/h2-8,10,22H,9H2,1H3,(H2,20,24)(H,21,23). The number of carbonyl (C=O) groups excluding carboxylic acids is 1. The van der Waals surface area contributed by atoms with Crippen molar-refractivity contribution < 1.29 is 4.79 Å². The van der Waals surface area contributed by atoms with E-state index < -0.39 is 5.91 Å². The molecule has 0 radical (unpaired) electrons. The second kappa shape index (κ2) is 6.88. The number of primary amides is 1. The van der Waals surface area contributed by atoms with Crippen molar-refractivity contribution >= 4 is 33.2 Å². The Labute approximate surface area is 148 Å². The molecule has 5 nitrogen and oxygen atoms in total. The van der Waals surface area contributed by atoms with E-state index in [9.17, 15) is 4.79 Å². The lowest BCUT2D eigenvalue weighted by atomic mass is 10.1. The number of rotatable bonds is 5. The Morgan fingerprint density at radius 2 is 2.04 bits per heavy atom. The first-order chi connectivity index (χ1) is 11.6. The van der Waals surface area contributed by atoms with Crippen LogP contribution in [0.15, 0.2) is 48.7 Å². The number of anilines is 2. The highest BCUT2D eigenvalue weighted by molar-refractivity contribution is 9.08. The molecule has 0 spiro atoms. The number of H-pyrrole nitrogens is 1. The summed E-state index contributed by atoms with van der Waals surface area (Å²) in [6.45, 7) is 1.87. The van der Waals surface area contributed by atoms with Crippen molar-refractivity contribution in [2.45, 2.75) is 12.3 Å². The van der Waals surface area contributed by atoms with Crippen molar-refractivity contribution in [1.29, 1.82) is 0 Å². The maximum absolute atomic E-state index is 11.3. The molecule has 1 aromatic heterocycles. The predicted molar refractivity (Wildman–Crippen MR) is 99.6 cm³/mol. The summed E-state index contributed by atoms with van der Waals surface area (Å²) >= 11 is 3.47. The highest BCUT2D eigenvalue weighted by Crippen LogP contribution is 2.27. The third-order valence-electron chi connectivity index (χ3n) is 3.79. The van der Waals surface area contributed by atoms with Gasteiger partial charge in [0.15, 0.2) is 0 Å². The van der Waals surface area contributed by atoms with E-state index in [2.05, 4.69) is 37.5 Å². The van der Waals surface area contributed by atoms with Crippen LogP contribution < -0.4 is 11.1 Å². The summed E-state index contributed by atoms with van der Waals surface area (Å²) in [4.78, 5) is 11.3. The third-order valence-corrected chi connectivity index (χ3v) is 4.40. The second-order valence-electron chi connectivity index (χ2n) is 5.50. The molecule has 2 aromatic carbocycles. The van der Waals surface area contributed by atoms with Crippen molar-refractivity contribution in [2.24, 2.45) is 5.73 Å². The lowest BCUT2D eigenvalue weighted by Crippen LogP contribution is -2.12. The van der Waals surface area contributed by atoms with Crippen molar-refractivity contribution in [3.63, 3.8) is 0 Å². The van der Waals surface area contributed by atoms with E-state index in [0.717, 1.165) is 39.1 Å². The van der Waals surface area contributed by atoms with Gasteiger partial charge in [-0.05, 0) is 42.8 Å². The summed E-state index contributed by atoms with van der Waals surface area (Å²) in [7, 11) is 0. The van der Waals surface area contributed by atoms with E-state index in [0.29, 0.717) is 5.56 Å².